The monoisotopic (exact) mass is 149 g/mol. The van der Waals surface area contributed by atoms with Gasteiger partial charge in [0.05, 0.1) is 6.54 Å². The van der Waals surface area contributed by atoms with Gasteiger partial charge < -0.3 is 9.64 Å². The summed E-state index contributed by atoms with van der Waals surface area (Å²) in [4.78, 5) is 2.13. The highest BCUT2D eigenvalue weighted by atomic mass is 16.5. The maximum absolute atomic E-state index is 5.45. The van der Waals surface area contributed by atoms with Gasteiger partial charge in [0.2, 0.25) is 0 Å². The Labute approximate surface area is 66.5 Å². The van der Waals surface area contributed by atoms with Crippen molar-refractivity contribution in [2.45, 2.75) is 0 Å². The fraction of sp³-hybridized carbons (Fsp3) is 0.333. The maximum atomic E-state index is 5.45. The van der Waals surface area contributed by atoms with Gasteiger partial charge in [-0.15, -0.1) is 0 Å². The van der Waals surface area contributed by atoms with Crippen molar-refractivity contribution < 1.29 is 4.74 Å². The first-order chi connectivity index (χ1) is 5.38. The molecule has 11 heavy (non-hydrogen) atoms. The largest absolute Gasteiger partial charge is 0.477 e. The minimum absolute atomic E-state index is 0.816. The summed E-state index contributed by atoms with van der Waals surface area (Å²) in [6, 6.07) is 0. The molecule has 0 aromatic heterocycles. The van der Waals surface area contributed by atoms with Gasteiger partial charge in [0.1, 0.15) is 6.61 Å². The average molecular weight is 149 g/mol. The molecule has 2 nitrogen and oxygen atoms in total. The van der Waals surface area contributed by atoms with Crippen LogP contribution in [-0.4, -0.2) is 25.1 Å². The van der Waals surface area contributed by atoms with Crippen molar-refractivity contribution in [1.29, 1.82) is 0 Å². The van der Waals surface area contributed by atoms with E-state index in [1.807, 2.05) is 12.2 Å². The average Bonchev–Trinajstić information content (AvgIpc) is 2.55. The quantitative estimate of drug-likeness (QED) is 0.514. The van der Waals surface area contributed by atoms with Crippen molar-refractivity contribution in [2.75, 3.05) is 20.2 Å². The Bertz CT molecular complexity index is 236. The van der Waals surface area contributed by atoms with Crippen LogP contribution in [0.5, 0.6) is 0 Å². The smallest absolute Gasteiger partial charge is 0.196 e. The highest BCUT2D eigenvalue weighted by Crippen LogP contribution is 2.20. The second-order valence-corrected chi connectivity index (χ2v) is 2.75. The van der Waals surface area contributed by atoms with Crippen LogP contribution in [0, 0.1) is 0 Å². The van der Waals surface area contributed by atoms with Gasteiger partial charge >= 0.3 is 0 Å². The van der Waals surface area contributed by atoms with Crippen molar-refractivity contribution in [3.8, 4) is 0 Å². The second-order valence-electron chi connectivity index (χ2n) is 2.75. The van der Waals surface area contributed by atoms with Crippen LogP contribution >= 0.6 is 0 Å². The summed E-state index contributed by atoms with van der Waals surface area (Å²) < 4.78 is 5.45. The molecule has 1 fully saturated rings. The van der Waals surface area contributed by atoms with Gasteiger partial charge in [0.25, 0.3) is 0 Å². The molecule has 0 bridgehead atoms. The normalized spacial score (nSPS) is 21.7. The minimum atomic E-state index is 0.816. The molecular weight excluding hydrogens is 138 g/mol. The Morgan fingerprint density at radius 1 is 1.36 bits per heavy atom. The van der Waals surface area contributed by atoms with Crippen LogP contribution in [-0.2, 0) is 4.74 Å². The lowest BCUT2D eigenvalue weighted by molar-refractivity contribution is 0.242. The van der Waals surface area contributed by atoms with Gasteiger partial charge in [0.15, 0.2) is 5.88 Å². The molecular formula is C9H11NO. The van der Waals surface area contributed by atoms with Gasteiger partial charge in [-0.1, -0.05) is 12.2 Å². The molecule has 0 N–H and O–H groups in total. The number of likely N-dealkylation sites (N-methyl/N-ethyl adjacent to an activating group) is 1. The van der Waals surface area contributed by atoms with E-state index in [1.54, 1.807) is 0 Å². The zero-order chi connectivity index (χ0) is 7.68. The molecule has 1 aliphatic heterocycles. The van der Waals surface area contributed by atoms with E-state index >= 15 is 0 Å². The zero-order valence-corrected chi connectivity index (χ0v) is 6.58. The molecule has 0 radical (unpaired) electrons. The molecule has 0 aromatic carbocycles. The summed E-state index contributed by atoms with van der Waals surface area (Å²) in [5.41, 5.74) is 1.19. The molecule has 2 rings (SSSR count). The van der Waals surface area contributed by atoms with Crippen LogP contribution in [0.4, 0.5) is 0 Å². The second kappa shape index (κ2) is 2.46. The molecule has 1 saturated heterocycles. The Morgan fingerprint density at radius 2 is 2.09 bits per heavy atom. The van der Waals surface area contributed by atoms with Crippen molar-refractivity contribution in [3.05, 3.63) is 35.8 Å². The molecule has 0 amide bonds. The van der Waals surface area contributed by atoms with Gasteiger partial charge in [-0.25, -0.2) is 0 Å². The topological polar surface area (TPSA) is 12.5 Å². The minimum Gasteiger partial charge on any atom is -0.477 e. The number of hydrogen-bond acceptors (Lipinski definition) is 2. The first-order valence-corrected chi connectivity index (χ1v) is 3.81. The number of hydrogen-bond donors (Lipinski definition) is 0. The standard InChI is InChI=1S/C9H11NO/c1-10-6-7-11-9(10)8-4-2-3-5-8/h2-5H,6-7H2,1H3. The molecule has 2 heteroatoms. The van der Waals surface area contributed by atoms with Gasteiger partial charge in [0, 0.05) is 12.6 Å². The van der Waals surface area contributed by atoms with Gasteiger partial charge in [-0.05, 0) is 12.2 Å². The Balaban J connectivity index is 2.31. The fourth-order valence-electron chi connectivity index (χ4n) is 1.31. The van der Waals surface area contributed by atoms with E-state index in [0.717, 1.165) is 19.0 Å². The van der Waals surface area contributed by atoms with Crippen LogP contribution < -0.4 is 0 Å². The SMILES string of the molecule is CN1CCOC1=C1C=CC=C1. The third-order valence-corrected chi connectivity index (χ3v) is 1.92. The molecule has 0 atom stereocenters. The highest BCUT2D eigenvalue weighted by molar-refractivity contribution is 5.41. The predicted octanol–water partition coefficient (Wildman–Crippen LogP) is 1.29. The first kappa shape index (κ1) is 6.53. The molecule has 1 aliphatic carbocycles. The molecule has 0 spiro atoms. The first-order valence-electron chi connectivity index (χ1n) is 3.81. The molecule has 0 unspecified atom stereocenters. The van der Waals surface area contributed by atoms with Crippen LogP contribution in [0.3, 0.4) is 0 Å². The van der Waals surface area contributed by atoms with E-state index in [9.17, 15) is 0 Å². The van der Waals surface area contributed by atoms with Crippen LogP contribution in [0.15, 0.2) is 35.8 Å². The third-order valence-electron chi connectivity index (χ3n) is 1.92. The lowest BCUT2D eigenvalue weighted by atomic mass is 10.3. The van der Waals surface area contributed by atoms with Crippen molar-refractivity contribution >= 4 is 0 Å². The lowest BCUT2D eigenvalue weighted by Gasteiger charge is -2.10. The number of nitrogens with zero attached hydrogens (tertiary/aromatic N) is 1. The van der Waals surface area contributed by atoms with E-state index < -0.39 is 0 Å². The van der Waals surface area contributed by atoms with Crippen LogP contribution in [0.2, 0.25) is 0 Å². The van der Waals surface area contributed by atoms with Crippen molar-refractivity contribution in [1.82, 2.24) is 4.90 Å². The summed E-state index contributed by atoms with van der Waals surface area (Å²) in [6.45, 7) is 1.82. The predicted molar refractivity (Wildman–Crippen MR) is 43.9 cm³/mol. The van der Waals surface area contributed by atoms with E-state index in [-0.39, 0.29) is 0 Å². The third kappa shape index (κ3) is 1.04. The Morgan fingerprint density at radius 3 is 2.64 bits per heavy atom. The summed E-state index contributed by atoms with van der Waals surface area (Å²) in [6.07, 6.45) is 8.18. The van der Waals surface area contributed by atoms with Crippen LogP contribution in [0.25, 0.3) is 0 Å². The van der Waals surface area contributed by atoms with Crippen LogP contribution in [0.1, 0.15) is 0 Å². The molecule has 1 heterocycles. The maximum Gasteiger partial charge on any atom is 0.196 e. The summed E-state index contributed by atoms with van der Waals surface area (Å²) >= 11 is 0. The lowest BCUT2D eigenvalue weighted by Crippen LogP contribution is -2.12. The zero-order valence-electron chi connectivity index (χ0n) is 6.58. The molecule has 2 aliphatic rings. The van der Waals surface area contributed by atoms with Gasteiger partial charge in [-0.3, -0.25) is 0 Å². The summed E-state index contributed by atoms with van der Waals surface area (Å²) in [5.74, 6) is 1.01. The summed E-state index contributed by atoms with van der Waals surface area (Å²) in [5, 5.41) is 0. The van der Waals surface area contributed by atoms with E-state index in [2.05, 4.69) is 24.1 Å². The highest BCUT2D eigenvalue weighted by Gasteiger charge is 2.16. The van der Waals surface area contributed by atoms with E-state index in [0.29, 0.717) is 0 Å². The van der Waals surface area contributed by atoms with Crippen molar-refractivity contribution in [2.24, 2.45) is 0 Å². The Kier molecular flexibility index (Phi) is 1.46. The number of rotatable bonds is 0. The summed E-state index contributed by atoms with van der Waals surface area (Å²) in [7, 11) is 2.05. The van der Waals surface area contributed by atoms with Gasteiger partial charge in [-0.2, -0.15) is 0 Å². The number of allylic oxidation sites excluding steroid dienone is 5. The molecule has 58 valence electrons. The number of ether oxygens (including phenoxy) is 1. The van der Waals surface area contributed by atoms with E-state index in [4.69, 9.17) is 4.74 Å². The Hall–Kier alpha value is -1.18. The molecule has 0 aromatic rings. The van der Waals surface area contributed by atoms with Crippen molar-refractivity contribution in [3.63, 3.8) is 0 Å². The fourth-order valence-corrected chi connectivity index (χ4v) is 1.31. The molecule has 0 saturated carbocycles. The van der Waals surface area contributed by atoms with E-state index in [1.165, 1.54) is 5.57 Å².